The average molecular weight is 474 g/mol. The van der Waals surface area contributed by atoms with Gasteiger partial charge in [-0.15, -0.1) is 0 Å². The molecule has 34 heavy (non-hydrogen) atoms. The molecule has 2 rings (SSSR count). The smallest absolute Gasteiger partial charge is 0.328 e. The van der Waals surface area contributed by atoms with Crippen LogP contribution in [-0.2, 0) is 4.79 Å². The SMILES string of the molecule is C\C=C/C=C\C(C)=C1/CC(C)N(CC(C)(C)F)C(c2c(F)cc(/C=C/C(=O)O)cc2F)/C1=C/C. The van der Waals surface area contributed by atoms with Gasteiger partial charge in [-0.25, -0.2) is 18.0 Å². The minimum Gasteiger partial charge on any atom is -0.478 e. The minimum absolute atomic E-state index is 0.00351. The lowest BCUT2D eigenvalue weighted by atomic mass is 9.79. The van der Waals surface area contributed by atoms with Crippen LogP contribution in [0, 0.1) is 11.6 Å². The molecule has 2 unspecified atom stereocenters. The third kappa shape index (κ3) is 6.83. The largest absolute Gasteiger partial charge is 0.478 e. The number of halogens is 3. The quantitative estimate of drug-likeness (QED) is 0.333. The molecule has 1 N–H and O–H groups in total. The van der Waals surface area contributed by atoms with Gasteiger partial charge >= 0.3 is 5.97 Å². The molecular formula is C28H34F3NO2. The van der Waals surface area contributed by atoms with E-state index in [-0.39, 0.29) is 23.7 Å². The van der Waals surface area contributed by atoms with Crippen LogP contribution >= 0.6 is 0 Å². The van der Waals surface area contributed by atoms with Gasteiger partial charge in [0.15, 0.2) is 0 Å². The second kappa shape index (κ2) is 11.5. The number of likely N-dealkylation sites (tertiary alicyclic amines) is 1. The van der Waals surface area contributed by atoms with Gasteiger partial charge in [0.1, 0.15) is 17.3 Å². The number of hydrogen-bond acceptors (Lipinski definition) is 2. The van der Waals surface area contributed by atoms with Crippen molar-refractivity contribution in [2.75, 3.05) is 6.54 Å². The fourth-order valence-electron chi connectivity index (χ4n) is 4.39. The standard InChI is InChI=1S/C28H34F3NO2/c1-7-9-10-11-18(3)22-14-19(4)32(17-28(5,6)31)27(21(22)8-2)26-23(29)15-20(16-24(26)30)12-13-25(33)34/h7-13,15-16,19,27H,14,17H2,1-6H3,(H,33,34)/b9-7-,11-10-,13-12+,21-8+,22-18+. The van der Waals surface area contributed by atoms with Crippen LogP contribution in [0.25, 0.3) is 6.08 Å². The lowest BCUT2D eigenvalue weighted by Gasteiger charge is -2.46. The fourth-order valence-corrected chi connectivity index (χ4v) is 4.39. The van der Waals surface area contributed by atoms with E-state index in [4.69, 9.17) is 5.11 Å². The number of rotatable bonds is 7. The molecule has 0 saturated carbocycles. The minimum atomic E-state index is -1.58. The summed E-state index contributed by atoms with van der Waals surface area (Å²) in [6.45, 7) is 10.5. The molecule has 6 heteroatoms. The third-order valence-electron chi connectivity index (χ3n) is 5.83. The highest BCUT2D eigenvalue weighted by Gasteiger charge is 2.40. The lowest BCUT2D eigenvalue weighted by Crippen LogP contribution is -2.48. The molecule has 1 heterocycles. The molecule has 3 nitrogen and oxygen atoms in total. The number of carbonyl (C=O) groups is 1. The first-order chi connectivity index (χ1) is 15.9. The Balaban J connectivity index is 2.73. The van der Waals surface area contributed by atoms with E-state index in [1.54, 1.807) is 0 Å². The summed E-state index contributed by atoms with van der Waals surface area (Å²) in [5.74, 6) is -2.81. The molecule has 1 fully saturated rings. The molecule has 1 aromatic carbocycles. The predicted octanol–water partition coefficient (Wildman–Crippen LogP) is 7.34. The Morgan fingerprint density at radius 1 is 1.18 bits per heavy atom. The lowest BCUT2D eigenvalue weighted by molar-refractivity contribution is -0.131. The van der Waals surface area contributed by atoms with Crippen molar-refractivity contribution in [3.8, 4) is 0 Å². The van der Waals surface area contributed by atoms with E-state index >= 15 is 8.78 Å². The van der Waals surface area contributed by atoms with Gasteiger partial charge in [-0.3, -0.25) is 4.90 Å². The first-order valence-corrected chi connectivity index (χ1v) is 11.4. The van der Waals surface area contributed by atoms with E-state index < -0.39 is 29.3 Å². The van der Waals surface area contributed by atoms with E-state index in [0.717, 1.165) is 41.0 Å². The van der Waals surface area contributed by atoms with E-state index in [2.05, 4.69) is 0 Å². The van der Waals surface area contributed by atoms with Gasteiger partial charge in [0.05, 0.1) is 6.04 Å². The van der Waals surface area contributed by atoms with E-state index in [1.165, 1.54) is 13.8 Å². The predicted molar refractivity (Wildman–Crippen MR) is 132 cm³/mol. The van der Waals surface area contributed by atoms with Crippen molar-refractivity contribution >= 4 is 12.0 Å². The Hall–Kier alpha value is -2.86. The molecule has 184 valence electrons. The van der Waals surface area contributed by atoms with Crippen LogP contribution in [0.2, 0.25) is 0 Å². The van der Waals surface area contributed by atoms with Crippen LogP contribution in [0.3, 0.4) is 0 Å². The summed E-state index contributed by atoms with van der Waals surface area (Å²) in [6.07, 6.45) is 12.1. The topological polar surface area (TPSA) is 40.5 Å². The van der Waals surface area contributed by atoms with Gasteiger partial charge in [0.2, 0.25) is 0 Å². The number of nitrogens with zero attached hydrogens (tertiary/aromatic N) is 1. The van der Waals surface area contributed by atoms with E-state index in [1.807, 2.05) is 63.0 Å². The van der Waals surface area contributed by atoms with Crippen LogP contribution in [0.4, 0.5) is 13.2 Å². The van der Waals surface area contributed by atoms with Gasteiger partial charge in [-0.05, 0) is 88.5 Å². The summed E-state index contributed by atoms with van der Waals surface area (Å²) in [5.41, 5.74) is 1.04. The second-order valence-corrected chi connectivity index (χ2v) is 9.21. The summed E-state index contributed by atoms with van der Waals surface area (Å²) in [6, 6.07) is 1.23. The van der Waals surface area contributed by atoms with Crippen LogP contribution in [0.1, 0.15) is 65.1 Å². The van der Waals surface area contributed by atoms with Gasteiger partial charge < -0.3 is 5.11 Å². The number of alkyl halides is 1. The van der Waals surface area contributed by atoms with Gasteiger partial charge in [-0.1, -0.05) is 30.4 Å². The Kier molecular flexibility index (Phi) is 9.28. The molecule has 0 bridgehead atoms. The molecular weight excluding hydrogens is 439 g/mol. The molecule has 0 radical (unpaired) electrons. The molecule has 0 spiro atoms. The van der Waals surface area contributed by atoms with Gasteiger partial charge in [0, 0.05) is 24.2 Å². The number of aliphatic carboxylic acids is 1. The third-order valence-corrected chi connectivity index (χ3v) is 5.83. The van der Waals surface area contributed by atoms with Gasteiger partial charge in [0.25, 0.3) is 0 Å². The summed E-state index contributed by atoms with van der Waals surface area (Å²) in [5, 5.41) is 8.83. The maximum Gasteiger partial charge on any atom is 0.328 e. The summed E-state index contributed by atoms with van der Waals surface area (Å²) in [4.78, 5) is 12.6. The van der Waals surface area contributed by atoms with Crippen molar-refractivity contribution in [2.45, 2.75) is 65.7 Å². The molecule has 0 aromatic heterocycles. The summed E-state index contributed by atoms with van der Waals surface area (Å²) >= 11 is 0. The molecule has 1 saturated heterocycles. The average Bonchev–Trinajstić information content (AvgIpc) is 2.73. The number of carboxylic acid groups (broad SMARTS) is 1. The molecule has 1 aromatic rings. The first-order valence-electron chi connectivity index (χ1n) is 11.4. The first kappa shape index (κ1) is 27.4. The van der Waals surface area contributed by atoms with Crippen molar-refractivity contribution in [2.24, 2.45) is 0 Å². The zero-order valence-electron chi connectivity index (χ0n) is 20.7. The van der Waals surface area contributed by atoms with Crippen molar-refractivity contribution in [3.05, 3.63) is 88.1 Å². The Morgan fingerprint density at radius 3 is 2.29 bits per heavy atom. The number of piperidine rings is 1. The highest BCUT2D eigenvalue weighted by Crippen LogP contribution is 2.45. The van der Waals surface area contributed by atoms with Crippen molar-refractivity contribution < 1.29 is 23.1 Å². The normalized spacial score (nSPS) is 23.0. The number of allylic oxidation sites excluding steroid dienone is 6. The van der Waals surface area contributed by atoms with Crippen molar-refractivity contribution in [1.29, 1.82) is 0 Å². The van der Waals surface area contributed by atoms with Crippen LogP contribution < -0.4 is 0 Å². The Bertz CT molecular complexity index is 1030. The molecule has 0 aliphatic carbocycles. The molecule has 2 atom stereocenters. The number of carboxylic acids is 1. The van der Waals surface area contributed by atoms with Crippen LogP contribution in [-0.4, -0.2) is 34.2 Å². The monoisotopic (exact) mass is 473 g/mol. The summed E-state index contributed by atoms with van der Waals surface area (Å²) < 4.78 is 45.7. The highest BCUT2D eigenvalue weighted by molar-refractivity contribution is 5.85. The van der Waals surface area contributed by atoms with Crippen LogP contribution in [0.15, 0.2) is 65.3 Å². The molecule has 0 amide bonds. The number of hydrogen-bond donors (Lipinski definition) is 1. The van der Waals surface area contributed by atoms with Crippen LogP contribution in [0.5, 0.6) is 0 Å². The maximum absolute atomic E-state index is 15.4. The highest BCUT2D eigenvalue weighted by atomic mass is 19.1. The molecule has 1 aliphatic rings. The van der Waals surface area contributed by atoms with E-state index in [9.17, 15) is 9.18 Å². The second-order valence-electron chi connectivity index (χ2n) is 9.21. The number of benzene rings is 1. The van der Waals surface area contributed by atoms with E-state index in [0.29, 0.717) is 6.42 Å². The fraction of sp³-hybridized carbons (Fsp3) is 0.393. The van der Waals surface area contributed by atoms with Gasteiger partial charge in [-0.2, -0.15) is 0 Å². The van der Waals surface area contributed by atoms with Crippen molar-refractivity contribution in [3.63, 3.8) is 0 Å². The summed E-state index contributed by atoms with van der Waals surface area (Å²) in [7, 11) is 0. The maximum atomic E-state index is 15.4. The molecule has 1 aliphatic heterocycles. The Morgan fingerprint density at radius 2 is 1.79 bits per heavy atom. The zero-order valence-corrected chi connectivity index (χ0v) is 20.7. The Labute approximate surface area is 200 Å². The van der Waals surface area contributed by atoms with Crippen molar-refractivity contribution in [1.82, 2.24) is 4.90 Å². The zero-order chi connectivity index (χ0) is 25.6.